The van der Waals surface area contributed by atoms with Gasteiger partial charge in [0.05, 0.1) is 5.69 Å². The summed E-state index contributed by atoms with van der Waals surface area (Å²) >= 11 is 0. The van der Waals surface area contributed by atoms with Crippen molar-refractivity contribution in [3.8, 4) is 0 Å². The van der Waals surface area contributed by atoms with E-state index in [1.165, 1.54) is 18.9 Å². The van der Waals surface area contributed by atoms with Crippen molar-refractivity contribution < 1.29 is 12.8 Å². The number of nitrogens with two attached hydrogens (primary N) is 1. The van der Waals surface area contributed by atoms with Crippen molar-refractivity contribution in [2.45, 2.75) is 30.2 Å². The first-order chi connectivity index (χ1) is 9.95. The predicted molar refractivity (Wildman–Crippen MR) is 78.7 cm³/mol. The summed E-state index contributed by atoms with van der Waals surface area (Å²) in [4.78, 5) is 2.25. The lowest BCUT2D eigenvalue weighted by Gasteiger charge is -2.15. The number of likely N-dealkylation sites (tertiary alicyclic amines) is 1. The van der Waals surface area contributed by atoms with Gasteiger partial charge in [-0.05, 0) is 49.9 Å². The topological polar surface area (TPSA) is 75.4 Å². The van der Waals surface area contributed by atoms with E-state index in [0.717, 1.165) is 31.6 Å². The van der Waals surface area contributed by atoms with Crippen molar-refractivity contribution in [1.82, 2.24) is 9.62 Å². The zero-order chi connectivity index (χ0) is 15.0. The van der Waals surface area contributed by atoms with Crippen LogP contribution in [-0.2, 0) is 10.0 Å². The van der Waals surface area contributed by atoms with Gasteiger partial charge in [-0.3, -0.25) is 0 Å². The summed E-state index contributed by atoms with van der Waals surface area (Å²) in [6.07, 6.45) is 3.52. The van der Waals surface area contributed by atoms with Crippen LogP contribution in [0.4, 0.5) is 10.1 Å². The number of nitrogen functional groups attached to an aromatic ring is 1. The minimum atomic E-state index is -3.76. The zero-order valence-electron chi connectivity index (χ0n) is 11.8. The maximum atomic E-state index is 13.2. The Morgan fingerprint density at radius 2 is 2.10 bits per heavy atom. The summed E-state index contributed by atoms with van der Waals surface area (Å²) in [6, 6.07) is 4.10. The maximum Gasteiger partial charge on any atom is 0.242 e. The van der Waals surface area contributed by atoms with Crippen LogP contribution in [0.25, 0.3) is 0 Å². The van der Waals surface area contributed by atoms with E-state index in [9.17, 15) is 12.8 Å². The molecular formula is C14H20FN3O2S. The highest BCUT2D eigenvalue weighted by Gasteiger charge is 2.34. The third-order valence-electron chi connectivity index (χ3n) is 4.21. The smallest absolute Gasteiger partial charge is 0.242 e. The lowest BCUT2D eigenvalue weighted by molar-refractivity contribution is 0.314. The van der Waals surface area contributed by atoms with Crippen LogP contribution in [0.1, 0.15) is 19.3 Å². The van der Waals surface area contributed by atoms with Crippen LogP contribution in [0.2, 0.25) is 0 Å². The van der Waals surface area contributed by atoms with Crippen LogP contribution < -0.4 is 10.5 Å². The fourth-order valence-electron chi connectivity index (χ4n) is 2.85. The minimum absolute atomic E-state index is 0.0647. The maximum absolute atomic E-state index is 13.2. The number of nitrogens with one attached hydrogen (secondary N) is 1. The summed E-state index contributed by atoms with van der Waals surface area (Å²) in [7, 11) is -3.76. The highest BCUT2D eigenvalue weighted by atomic mass is 32.2. The molecule has 2 aliphatic rings. The third kappa shape index (κ3) is 3.36. The first-order valence-electron chi connectivity index (χ1n) is 7.24. The molecule has 21 heavy (non-hydrogen) atoms. The Bertz CT molecular complexity index is 631. The van der Waals surface area contributed by atoms with Gasteiger partial charge in [0.25, 0.3) is 0 Å². The van der Waals surface area contributed by atoms with E-state index in [0.29, 0.717) is 18.5 Å². The van der Waals surface area contributed by atoms with Gasteiger partial charge in [-0.1, -0.05) is 0 Å². The SMILES string of the molecule is Nc1ccc(F)cc1S(=O)(=O)NCC1CCN(C2CC2)C1. The number of rotatable bonds is 5. The van der Waals surface area contributed by atoms with Gasteiger partial charge in [0.2, 0.25) is 10.0 Å². The summed E-state index contributed by atoms with van der Waals surface area (Å²) in [5.41, 5.74) is 5.70. The van der Waals surface area contributed by atoms with Gasteiger partial charge in [0.1, 0.15) is 10.7 Å². The summed E-state index contributed by atoms with van der Waals surface area (Å²) in [5.74, 6) is -0.291. The Morgan fingerprint density at radius 1 is 1.33 bits per heavy atom. The Morgan fingerprint density at radius 3 is 2.81 bits per heavy atom. The van der Waals surface area contributed by atoms with Crippen molar-refractivity contribution in [3.63, 3.8) is 0 Å². The molecule has 3 rings (SSSR count). The van der Waals surface area contributed by atoms with Gasteiger partial charge < -0.3 is 10.6 Å². The first-order valence-corrected chi connectivity index (χ1v) is 8.73. The fourth-order valence-corrected chi connectivity index (χ4v) is 4.10. The first kappa shape index (κ1) is 14.7. The van der Waals surface area contributed by atoms with Gasteiger partial charge in [-0.25, -0.2) is 17.5 Å². The number of nitrogens with zero attached hydrogens (tertiary/aromatic N) is 1. The Balaban J connectivity index is 1.62. The molecule has 116 valence electrons. The van der Waals surface area contributed by atoms with Crippen molar-refractivity contribution >= 4 is 15.7 Å². The van der Waals surface area contributed by atoms with Crippen LogP contribution in [0, 0.1) is 11.7 Å². The van der Waals surface area contributed by atoms with Crippen molar-refractivity contribution in [2.24, 2.45) is 5.92 Å². The normalized spacial score (nSPS) is 23.6. The van der Waals surface area contributed by atoms with Crippen LogP contribution in [0.15, 0.2) is 23.1 Å². The van der Waals surface area contributed by atoms with Crippen LogP contribution >= 0.6 is 0 Å². The average molecular weight is 313 g/mol. The second-order valence-corrected chi connectivity index (χ2v) is 7.65. The largest absolute Gasteiger partial charge is 0.398 e. The average Bonchev–Trinajstić information content (AvgIpc) is 3.18. The molecule has 1 aromatic carbocycles. The van der Waals surface area contributed by atoms with Crippen LogP contribution in [-0.4, -0.2) is 39.0 Å². The molecule has 2 fully saturated rings. The van der Waals surface area contributed by atoms with Crippen LogP contribution in [0.5, 0.6) is 0 Å². The number of halogens is 1. The molecule has 1 atom stereocenters. The zero-order valence-corrected chi connectivity index (χ0v) is 12.6. The summed E-state index contributed by atoms with van der Waals surface area (Å²) < 4.78 is 40.2. The van der Waals surface area contributed by atoms with E-state index in [2.05, 4.69) is 9.62 Å². The Hall–Kier alpha value is -1.18. The standard InChI is InChI=1S/C14H20FN3O2S/c15-11-1-4-13(16)14(7-11)21(19,20)17-8-10-5-6-18(9-10)12-2-3-12/h1,4,7,10,12,17H,2-3,5-6,8-9,16H2. The number of hydrogen-bond donors (Lipinski definition) is 2. The van der Waals surface area contributed by atoms with E-state index >= 15 is 0 Å². The van der Waals surface area contributed by atoms with Crippen LogP contribution in [0.3, 0.4) is 0 Å². The molecule has 1 saturated heterocycles. The molecule has 0 bridgehead atoms. The van der Waals surface area contributed by atoms with Gasteiger partial charge in [-0.2, -0.15) is 0 Å². The van der Waals surface area contributed by atoms with Gasteiger partial charge in [0, 0.05) is 19.1 Å². The molecule has 1 aliphatic heterocycles. The fraction of sp³-hybridized carbons (Fsp3) is 0.571. The number of sulfonamides is 1. The molecular weight excluding hydrogens is 293 g/mol. The monoisotopic (exact) mass is 313 g/mol. The third-order valence-corrected chi connectivity index (χ3v) is 5.69. The molecule has 0 spiro atoms. The van der Waals surface area contributed by atoms with E-state index in [1.54, 1.807) is 0 Å². The molecule has 0 aromatic heterocycles. The van der Waals surface area contributed by atoms with Crippen molar-refractivity contribution in [3.05, 3.63) is 24.0 Å². The van der Waals surface area contributed by atoms with E-state index in [1.807, 2.05) is 0 Å². The highest BCUT2D eigenvalue weighted by Crippen LogP contribution is 2.31. The predicted octanol–water partition coefficient (Wildman–Crippen LogP) is 1.17. The molecule has 3 N–H and O–H groups in total. The van der Waals surface area contributed by atoms with Gasteiger partial charge in [0.15, 0.2) is 0 Å². The summed E-state index contributed by atoms with van der Waals surface area (Å²) in [5, 5.41) is 0. The van der Waals surface area contributed by atoms with Crippen molar-refractivity contribution in [1.29, 1.82) is 0 Å². The second-order valence-electron chi connectivity index (χ2n) is 5.91. The molecule has 0 amide bonds. The van der Waals surface area contributed by atoms with E-state index in [4.69, 9.17) is 5.73 Å². The molecule has 1 aliphatic carbocycles. The van der Waals surface area contributed by atoms with E-state index in [-0.39, 0.29) is 10.6 Å². The quantitative estimate of drug-likeness (QED) is 0.800. The number of hydrogen-bond acceptors (Lipinski definition) is 4. The molecule has 1 heterocycles. The second kappa shape index (κ2) is 5.55. The molecule has 1 saturated carbocycles. The van der Waals surface area contributed by atoms with Crippen molar-refractivity contribution in [2.75, 3.05) is 25.4 Å². The Labute approximate surface area is 124 Å². The lowest BCUT2D eigenvalue weighted by Crippen LogP contribution is -2.32. The number of benzene rings is 1. The van der Waals surface area contributed by atoms with E-state index < -0.39 is 15.8 Å². The molecule has 1 aromatic rings. The molecule has 0 radical (unpaired) electrons. The highest BCUT2D eigenvalue weighted by molar-refractivity contribution is 7.89. The van der Waals surface area contributed by atoms with Gasteiger partial charge >= 0.3 is 0 Å². The minimum Gasteiger partial charge on any atom is -0.398 e. The Kier molecular flexibility index (Phi) is 3.90. The summed E-state index contributed by atoms with van der Waals surface area (Å²) in [6.45, 7) is 2.35. The van der Waals surface area contributed by atoms with Gasteiger partial charge in [-0.15, -0.1) is 0 Å². The lowest BCUT2D eigenvalue weighted by atomic mass is 10.1. The molecule has 7 heteroatoms. The molecule has 5 nitrogen and oxygen atoms in total. The molecule has 1 unspecified atom stereocenters. The number of anilines is 1.